The highest BCUT2D eigenvalue weighted by molar-refractivity contribution is 5.99. The number of para-hydroxylation sites is 1. The second-order valence-electron chi connectivity index (χ2n) is 5.29. The molecule has 0 bridgehead atoms. The third-order valence-electron chi connectivity index (χ3n) is 3.48. The van der Waals surface area contributed by atoms with Gasteiger partial charge in [-0.05, 0) is 25.1 Å². The van der Waals surface area contributed by atoms with E-state index in [1.807, 2.05) is 61.5 Å². The van der Waals surface area contributed by atoms with Crippen LogP contribution in [0.2, 0.25) is 0 Å². The Hall–Kier alpha value is -3.25. The van der Waals surface area contributed by atoms with Crippen molar-refractivity contribution in [2.45, 2.75) is 6.92 Å². The van der Waals surface area contributed by atoms with E-state index in [1.165, 1.54) is 6.20 Å². The van der Waals surface area contributed by atoms with Crippen molar-refractivity contribution < 1.29 is 4.79 Å². The summed E-state index contributed by atoms with van der Waals surface area (Å²) >= 11 is 0. The molecule has 2 aromatic carbocycles. The van der Waals surface area contributed by atoms with Crippen LogP contribution in [0.4, 0.5) is 11.5 Å². The Morgan fingerprint density at radius 3 is 2.58 bits per heavy atom. The zero-order chi connectivity index (χ0) is 16.9. The number of carbonyl (C=O) groups excluding carboxylic acids is 1. The van der Waals surface area contributed by atoms with Crippen molar-refractivity contribution in [3.05, 3.63) is 71.9 Å². The fourth-order valence-corrected chi connectivity index (χ4v) is 2.30. The van der Waals surface area contributed by atoms with Crippen LogP contribution >= 0.6 is 0 Å². The number of nitrogens with zero attached hydrogens (tertiary/aromatic N) is 2. The molecule has 120 valence electrons. The van der Waals surface area contributed by atoms with Crippen molar-refractivity contribution in [3.63, 3.8) is 0 Å². The monoisotopic (exact) mass is 319 g/mol. The Labute approximate surface area is 139 Å². The van der Waals surface area contributed by atoms with E-state index in [-0.39, 0.29) is 5.56 Å². The van der Waals surface area contributed by atoms with Crippen molar-refractivity contribution in [2.75, 3.05) is 5.32 Å². The molecular weight excluding hydrogens is 302 g/mol. The summed E-state index contributed by atoms with van der Waals surface area (Å²) in [4.78, 5) is 20.8. The number of hydrazine groups is 1. The van der Waals surface area contributed by atoms with Crippen molar-refractivity contribution in [1.82, 2.24) is 15.4 Å². The van der Waals surface area contributed by atoms with E-state index in [1.54, 1.807) is 0 Å². The molecular formula is C18H17N5O. The summed E-state index contributed by atoms with van der Waals surface area (Å²) in [6.07, 6.45) is 1.47. The molecule has 0 saturated heterocycles. The van der Waals surface area contributed by atoms with Gasteiger partial charge in [0.2, 0.25) is 0 Å². The van der Waals surface area contributed by atoms with E-state index < -0.39 is 5.91 Å². The van der Waals surface area contributed by atoms with Crippen LogP contribution in [0.15, 0.2) is 60.8 Å². The van der Waals surface area contributed by atoms with Crippen molar-refractivity contribution >= 4 is 17.4 Å². The number of benzene rings is 2. The van der Waals surface area contributed by atoms with Gasteiger partial charge in [-0.2, -0.15) is 0 Å². The second-order valence-corrected chi connectivity index (χ2v) is 5.29. The summed E-state index contributed by atoms with van der Waals surface area (Å²) in [5.41, 5.74) is 5.20. The number of rotatable bonds is 4. The molecule has 6 heteroatoms. The van der Waals surface area contributed by atoms with E-state index in [2.05, 4.69) is 20.7 Å². The molecule has 0 unspecified atom stereocenters. The number of nitrogen functional groups attached to an aromatic ring is 1. The molecule has 0 aliphatic carbocycles. The SMILES string of the molecule is Cc1cccc(-c2ncc(C(=O)NN)c(Nc3ccccc3)n2)c1. The summed E-state index contributed by atoms with van der Waals surface area (Å²) in [6.45, 7) is 2.00. The molecule has 0 aliphatic rings. The minimum absolute atomic E-state index is 0.276. The topological polar surface area (TPSA) is 92.9 Å². The van der Waals surface area contributed by atoms with Gasteiger partial charge in [0.25, 0.3) is 5.91 Å². The number of carbonyl (C=O) groups is 1. The number of aryl methyl sites for hydroxylation is 1. The van der Waals surface area contributed by atoms with Gasteiger partial charge in [0.15, 0.2) is 5.82 Å². The number of hydrogen-bond donors (Lipinski definition) is 3. The number of nitrogens with one attached hydrogen (secondary N) is 2. The van der Waals surface area contributed by atoms with Crippen LogP contribution < -0.4 is 16.6 Å². The van der Waals surface area contributed by atoms with Gasteiger partial charge < -0.3 is 5.32 Å². The Morgan fingerprint density at radius 1 is 1.08 bits per heavy atom. The van der Waals surface area contributed by atoms with Crippen LogP contribution in [0, 0.1) is 6.92 Å². The maximum absolute atomic E-state index is 12.0. The van der Waals surface area contributed by atoms with Crippen LogP contribution in [0.25, 0.3) is 11.4 Å². The van der Waals surface area contributed by atoms with Crippen LogP contribution in [-0.2, 0) is 0 Å². The first-order valence-electron chi connectivity index (χ1n) is 7.44. The largest absolute Gasteiger partial charge is 0.339 e. The molecule has 0 aliphatic heterocycles. The number of anilines is 2. The van der Waals surface area contributed by atoms with Crippen molar-refractivity contribution in [3.8, 4) is 11.4 Å². The molecule has 4 N–H and O–H groups in total. The maximum atomic E-state index is 12.0. The predicted molar refractivity (Wildman–Crippen MR) is 93.6 cm³/mol. The standard InChI is InChI=1S/C18H17N5O/c1-12-6-5-7-13(10-12)16-20-11-15(18(24)23-19)17(22-16)21-14-8-3-2-4-9-14/h2-11H,19H2,1H3,(H,23,24)(H,20,21,22). The average Bonchev–Trinajstić information content (AvgIpc) is 2.62. The van der Waals surface area contributed by atoms with E-state index in [9.17, 15) is 4.79 Å². The van der Waals surface area contributed by atoms with Gasteiger partial charge in [-0.3, -0.25) is 10.2 Å². The van der Waals surface area contributed by atoms with Crippen LogP contribution in [0.5, 0.6) is 0 Å². The Balaban J connectivity index is 2.05. The quantitative estimate of drug-likeness (QED) is 0.391. The third-order valence-corrected chi connectivity index (χ3v) is 3.48. The molecule has 24 heavy (non-hydrogen) atoms. The summed E-state index contributed by atoms with van der Waals surface area (Å²) in [7, 11) is 0. The van der Waals surface area contributed by atoms with Crippen LogP contribution in [-0.4, -0.2) is 15.9 Å². The molecule has 3 aromatic rings. The summed E-state index contributed by atoms with van der Waals surface area (Å²) < 4.78 is 0. The van der Waals surface area contributed by atoms with Crippen molar-refractivity contribution in [1.29, 1.82) is 0 Å². The third kappa shape index (κ3) is 3.39. The fourth-order valence-electron chi connectivity index (χ4n) is 2.30. The molecule has 1 heterocycles. The maximum Gasteiger partial charge on any atom is 0.270 e. The van der Waals surface area contributed by atoms with Gasteiger partial charge in [0, 0.05) is 17.4 Å². The molecule has 0 fully saturated rings. The highest BCUT2D eigenvalue weighted by atomic mass is 16.2. The van der Waals surface area contributed by atoms with E-state index in [0.717, 1.165) is 16.8 Å². The summed E-state index contributed by atoms with van der Waals surface area (Å²) in [6, 6.07) is 17.3. The minimum atomic E-state index is -0.454. The van der Waals surface area contributed by atoms with Gasteiger partial charge in [-0.15, -0.1) is 0 Å². The number of amides is 1. The highest BCUT2D eigenvalue weighted by Crippen LogP contribution is 2.23. The van der Waals surface area contributed by atoms with Gasteiger partial charge >= 0.3 is 0 Å². The average molecular weight is 319 g/mol. The first kappa shape index (κ1) is 15.6. The van der Waals surface area contributed by atoms with Gasteiger partial charge in [0.1, 0.15) is 11.4 Å². The van der Waals surface area contributed by atoms with Gasteiger partial charge in [-0.25, -0.2) is 15.8 Å². The first-order chi connectivity index (χ1) is 11.7. The number of hydrogen-bond acceptors (Lipinski definition) is 5. The zero-order valence-corrected chi connectivity index (χ0v) is 13.2. The zero-order valence-electron chi connectivity index (χ0n) is 13.2. The molecule has 0 spiro atoms. The lowest BCUT2D eigenvalue weighted by Gasteiger charge is -2.11. The van der Waals surface area contributed by atoms with Gasteiger partial charge in [-0.1, -0.05) is 42.0 Å². The normalized spacial score (nSPS) is 10.2. The Morgan fingerprint density at radius 2 is 1.88 bits per heavy atom. The fraction of sp³-hybridized carbons (Fsp3) is 0.0556. The molecule has 0 atom stereocenters. The smallest absolute Gasteiger partial charge is 0.270 e. The predicted octanol–water partition coefficient (Wildman–Crippen LogP) is 2.80. The minimum Gasteiger partial charge on any atom is -0.339 e. The Kier molecular flexibility index (Phi) is 4.49. The van der Waals surface area contributed by atoms with E-state index in [4.69, 9.17) is 5.84 Å². The molecule has 0 saturated carbocycles. The summed E-state index contributed by atoms with van der Waals surface area (Å²) in [5.74, 6) is 5.73. The lowest BCUT2D eigenvalue weighted by molar-refractivity contribution is 0.0954. The lowest BCUT2D eigenvalue weighted by Crippen LogP contribution is -2.31. The molecule has 1 aromatic heterocycles. The number of aromatic nitrogens is 2. The lowest BCUT2D eigenvalue weighted by atomic mass is 10.1. The number of nitrogens with two attached hydrogens (primary N) is 1. The van der Waals surface area contributed by atoms with Crippen LogP contribution in [0.3, 0.4) is 0 Å². The highest BCUT2D eigenvalue weighted by Gasteiger charge is 2.15. The van der Waals surface area contributed by atoms with E-state index in [0.29, 0.717) is 11.6 Å². The van der Waals surface area contributed by atoms with Gasteiger partial charge in [0.05, 0.1) is 0 Å². The molecule has 1 amide bonds. The molecule has 6 nitrogen and oxygen atoms in total. The second kappa shape index (κ2) is 6.89. The first-order valence-corrected chi connectivity index (χ1v) is 7.44. The Bertz CT molecular complexity index is 864. The molecule has 0 radical (unpaired) electrons. The molecule has 3 rings (SSSR count). The van der Waals surface area contributed by atoms with Crippen molar-refractivity contribution in [2.24, 2.45) is 5.84 Å². The van der Waals surface area contributed by atoms with E-state index >= 15 is 0 Å². The van der Waals surface area contributed by atoms with Crippen LogP contribution in [0.1, 0.15) is 15.9 Å². The summed E-state index contributed by atoms with van der Waals surface area (Å²) in [5, 5.41) is 3.15.